The minimum Gasteiger partial charge on any atom is -0.396 e. The minimum atomic E-state index is -3.71. The Morgan fingerprint density at radius 2 is 2.07 bits per heavy atom. The van der Waals surface area contributed by atoms with Crippen LogP contribution in [0.1, 0.15) is 17.8 Å². The van der Waals surface area contributed by atoms with E-state index in [2.05, 4.69) is 5.10 Å². The fourth-order valence-corrected chi connectivity index (χ4v) is 2.50. The van der Waals surface area contributed by atoms with Gasteiger partial charge in [-0.05, 0) is 20.3 Å². The van der Waals surface area contributed by atoms with Crippen molar-refractivity contribution in [2.45, 2.75) is 31.7 Å². The summed E-state index contributed by atoms with van der Waals surface area (Å²) in [4.78, 5) is 0.0837. The molecule has 3 N–H and O–H groups in total. The van der Waals surface area contributed by atoms with E-state index in [0.29, 0.717) is 24.4 Å². The lowest BCUT2D eigenvalue weighted by Crippen LogP contribution is -2.14. The molecular formula is C8H15N3O3S. The molecule has 0 saturated heterocycles. The summed E-state index contributed by atoms with van der Waals surface area (Å²) in [5.41, 5.74) is 0.913. The fourth-order valence-electron chi connectivity index (χ4n) is 1.53. The average Bonchev–Trinajstić information content (AvgIpc) is 2.36. The van der Waals surface area contributed by atoms with E-state index in [1.807, 2.05) is 0 Å². The largest absolute Gasteiger partial charge is 0.396 e. The molecule has 0 fully saturated rings. The van der Waals surface area contributed by atoms with Crippen molar-refractivity contribution < 1.29 is 13.5 Å². The van der Waals surface area contributed by atoms with Crippen molar-refractivity contribution in [2.24, 2.45) is 5.14 Å². The number of nitrogens with zero attached hydrogens (tertiary/aromatic N) is 2. The Kier molecular flexibility index (Phi) is 3.48. The van der Waals surface area contributed by atoms with Gasteiger partial charge in [0.1, 0.15) is 4.90 Å². The number of aromatic nitrogens is 2. The van der Waals surface area contributed by atoms with Crippen molar-refractivity contribution in [3.63, 3.8) is 0 Å². The molecule has 0 aromatic carbocycles. The number of hydrogen-bond donors (Lipinski definition) is 2. The van der Waals surface area contributed by atoms with E-state index in [1.54, 1.807) is 18.5 Å². The van der Waals surface area contributed by atoms with Crippen LogP contribution in [0.2, 0.25) is 0 Å². The molecule has 86 valence electrons. The maximum atomic E-state index is 11.2. The van der Waals surface area contributed by atoms with Gasteiger partial charge in [0, 0.05) is 13.2 Å². The van der Waals surface area contributed by atoms with Crippen LogP contribution in [0.4, 0.5) is 0 Å². The molecule has 1 rings (SSSR count). The zero-order valence-corrected chi connectivity index (χ0v) is 9.58. The van der Waals surface area contributed by atoms with Crippen LogP contribution in [0.5, 0.6) is 0 Å². The van der Waals surface area contributed by atoms with Crippen molar-refractivity contribution >= 4 is 10.0 Å². The third-order valence-corrected chi connectivity index (χ3v) is 3.29. The Morgan fingerprint density at radius 1 is 1.47 bits per heavy atom. The predicted molar refractivity (Wildman–Crippen MR) is 54.8 cm³/mol. The maximum Gasteiger partial charge on any atom is 0.241 e. The first-order chi connectivity index (χ1) is 6.88. The van der Waals surface area contributed by atoms with Gasteiger partial charge in [0.05, 0.1) is 11.4 Å². The summed E-state index contributed by atoms with van der Waals surface area (Å²) in [5.74, 6) is 0. The van der Waals surface area contributed by atoms with E-state index in [4.69, 9.17) is 10.2 Å². The average molecular weight is 233 g/mol. The summed E-state index contributed by atoms with van der Waals surface area (Å²) in [5, 5.41) is 17.8. The van der Waals surface area contributed by atoms with Crippen LogP contribution in [-0.2, 0) is 16.6 Å². The van der Waals surface area contributed by atoms with E-state index in [1.165, 1.54) is 0 Å². The monoisotopic (exact) mass is 233 g/mol. The number of aliphatic hydroxyl groups excluding tert-OH is 1. The summed E-state index contributed by atoms with van der Waals surface area (Å²) in [6.45, 7) is 3.78. The molecular weight excluding hydrogens is 218 g/mol. The molecule has 0 atom stereocenters. The topological polar surface area (TPSA) is 98.2 Å². The highest BCUT2D eigenvalue weighted by Gasteiger charge is 2.20. The zero-order chi connectivity index (χ0) is 11.6. The van der Waals surface area contributed by atoms with Crippen molar-refractivity contribution in [3.05, 3.63) is 11.4 Å². The molecule has 1 heterocycles. The first kappa shape index (κ1) is 12.2. The molecule has 7 heteroatoms. The maximum absolute atomic E-state index is 11.2. The standard InChI is InChI=1S/C8H15N3O3S/c1-6-8(15(9,13)14)7(2)11(10-6)4-3-5-12/h12H,3-5H2,1-2H3,(H2,9,13,14). The van der Waals surface area contributed by atoms with Crippen LogP contribution in [0, 0.1) is 13.8 Å². The normalized spacial score (nSPS) is 12.0. The minimum absolute atomic E-state index is 0.0447. The summed E-state index contributed by atoms with van der Waals surface area (Å²) >= 11 is 0. The van der Waals surface area contributed by atoms with Gasteiger partial charge in [-0.3, -0.25) is 4.68 Å². The van der Waals surface area contributed by atoms with Gasteiger partial charge in [-0.1, -0.05) is 0 Å². The number of primary sulfonamides is 1. The van der Waals surface area contributed by atoms with Crippen LogP contribution >= 0.6 is 0 Å². The lowest BCUT2D eigenvalue weighted by atomic mass is 10.4. The number of rotatable bonds is 4. The number of aliphatic hydroxyl groups is 1. The molecule has 0 bridgehead atoms. The lowest BCUT2D eigenvalue weighted by Gasteiger charge is -2.02. The third-order valence-electron chi connectivity index (χ3n) is 2.13. The highest BCUT2D eigenvalue weighted by Crippen LogP contribution is 2.17. The molecule has 0 amide bonds. The molecule has 0 aliphatic carbocycles. The molecule has 0 saturated carbocycles. The van der Waals surface area contributed by atoms with E-state index < -0.39 is 10.0 Å². The Labute approximate surface area is 88.8 Å². The number of nitrogens with two attached hydrogens (primary N) is 1. The van der Waals surface area contributed by atoms with E-state index in [0.717, 1.165) is 0 Å². The SMILES string of the molecule is Cc1nn(CCCO)c(C)c1S(N)(=O)=O. The Hall–Kier alpha value is -0.920. The first-order valence-electron chi connectivity index (χ1n) is 4.55. The summed E-state index contributed by atoms with van der Waals surface area (Å²) in [6, 6.07) is 0. The smallest absolute Gasteiger partial charge is 0.241 e. The van der Waals surface area contributed by atoms with Gasteiger partial charge < -0.3 is 5.11 Å². The molecule has 6 nitrogen and oxygen atoms in total. The molecule has 1 aromatic heterocycles. The second kappa shape index (κ2) is 4.30. The molecule has 0 aliphatic heterocycles. The second-order valence-corrected chi connectivity index (χ2v) is 4.84. The van der Waals surface area contributed by atoms with E-state index in [-0.39, 0.29) is 11.5 Å². The molecule has 0 aliphatic rings. The van der Waals surface area contributed by atoms with Gasteiger partial charge in [-0.15, -0.1) is 0 Å². The quantitative estimate of drug-likeness (QED) is 0.734. The lowest BCUT2D eigenvalue weighted by molar-refractivity contribution is 0.276. The van der Waals surface area contributed by atoms with Gasteiger partial charge in [-0.2, -0.15) is 5.10 Å². The van der Waals surface area contributed by atoms with Crippen molar-refractivity contribution in [1.29, 1.82) is 0 Å². The predicted octanol–water partition coefficient (Wildman–Crippen LogP) is -0.470. The highest BCUT2D eigenvalue weighted by molar-refractivity contribution is 7.89. The summed E-state index contributed by atoms with van der Waals surface area (Å²) in [7, 11) is -3.71. The van der Waals surface area contributed by atoms with Crippen LogP contribution in [0.3, 0.4) is 0 Å². The molecule has 0 radical (unpaired) electrons. The number of aryl methyl sites for hydroxylation is 2. The van der Waals surface area contributed by atoms with Gasteiger partial charge in [0.2, 0.25) is 10.0 Å². The van der Waals surface area contributed by atoms with E-state index in [9.17, 15) is 8.42 Å². The number of hydrogen-bond acceptors (Lipinski definition) is 4. The first-order valence-corrected chi connectivity index (χ1v) is 6.10. The van der Waals surface area contributed by atoms with Crippen LogP contribution in [0.15, 0.2) is 4.90 Å². The van der Waals surface area contributed by atoms with Gasteiger partial charge >= 0.3 is 0 Å². The molecule has 15 heavy (non-hydrogen) atoms. The third kappa shape index (κ3) is 2.55. The Bertz CT molecular complexity index is 450. The Morgan fingerprint density at radius 3 is 2.47 bits per heavy atom. The van der Waals surface area contributed by atoms with Crippen LogP contribution in [0.25, 0.3) is 0 Å². The van der Waals surface area contributed by atoms with Crippen molar-refractivity contribution in [2.75, 3.05) is 6.61 Å². The van der Waals surface area contributed by atoms with Gasteiger partial charge in [0.15, 0.2) is 0 Å². The zero-order valence-electron chi connectivity index (χ0n) is 8.77. The second-order valence-electron chi connectivity index (χ2n) is 3.35. The fraction of sp³-hybridized carbons (Fsp3) is 0.625. The molecule has 0 unspecified atom stereocenters. The summed E-state index contributed by atoms with van der Waals surface area (Å²) < 4.78 is 24.0. The van der Waals surface area contributed by atoms with Gasteiger partial charge in [0.25, 0.3) is 0 Å². The summed E-state index contributed by atoms with van der Waals surface area (Å²) in [6.07, 6.45) is 0.534. The van der Waals surface area contributed by atoms with Crippen molar-refractivity contribution in [3.8, 4) is 0 Å². The van der Waals surface area contributed by atoms with Gasteiger partial charge in [-0.25, -0.2) is 13.6 Å². The van der Waals surface area contributed by atoms with Crippen LogP contribution in [-0.4, -0.2) is 29.9 Å². The Balaban J connectivity index is 3.15. The van der Waals surface area contributed by atoms with E-state index >= 15 is 0 Å². The molecule has 1 aromatic rings. The number of sulfonamides is 1. The van der Waals surface area contributed by atoms with Crippen molar-refractivity contribution in [1.82, 2.24) is 9.78 Å². The highest BCUT2D eigenvalue weighted by atomic mass is 32.2. The molecule has 0 spiro atoms. The van der Waals surface area contributed by atoms with Crippen LogP contribution < -0.4 is 5.14 Å².